The fraction of sp³-hybridized carbons (Fsp3) is 0.412. The Kier molecular flexibility index (Phi) is 7.49. The zero-order valence-electron chi connectivity index (χ0n) is 15.6. The first-order chi connectivity index (χ1) is 12.5. The van der Waals surface area contributed by atoms with Crippen molar-refractivity contribution in [3.05, 3.63) is 28.8 Å². The van der Waals surface area contributed by atoms with Crippen LogP contribution in [0, 0.1) is 6.92 Å². The molecule has 0 spiro atoms. The van der Waals surface area contributed by atoms with Crippen LogP contribution < -0.4 is 9.64 Å². The first kappa shape index (κ1) is 21.5. The van der Waals surface area contributed by atoms with Crippen LogP contribution in [0.3, 0.4) is 0 Å². The molecule has 2 aromatic heterocycles. The minimum absolute atomic E-state index is 0. The summed E-state index contributed by atoms with van der Waals surface area (Å²) in [5.74, 6) is 0.701. The molecule has 0 aliphatic carbocycles. The van der Waals surface area contributed by atoms with Crippen molar-refractivity contribution < 1.29 is 9.53 Å². The molecule has 10 heteroatoms. The number of thiazole rings is 1. The van der Waals surface area contributed by atoms with Crippen LogP contribution in [0.2, 0.25) is 0 Å². The van der Waals surface area contributed by atoms with Gasteiger partial charge in [-0.15, -0.1) is 17.5 Å². The maximum atomic E-state index is 13.1. The van der Waals surface area contributed by atoms with Crippen LogP contribution in [0.15, 0.2) is 18.2 Å². The molecule has 0 aliphatic rings. The lowest BCUT2D eigenvalue weighted by molar-refractivity contribution is 0.0988. The van der Waals surface area contributed by atoms with Crippen molar-refractivity contribution in [3.63, 3.8) is 0 Å². The molecule has 0 saturated heterocycles. The van der Waals surface area contributed by atoms with Gasteiger partial charge in [0, 0.05) is 13.1 Å². The molecule has 0 aliphatic heterocycles. The minimum Gasteiger partial charge on any atom is -0.494 e. The first-order valence-electron chi connectivity index (χ1n) is 8.28. The van der Waals surface area contributed by atoms with Crippen molar-refractivity contribution in [1.82, 2.24) is 19.5 Å². The Labute approximate surface area is 172 Å². The molecule has 27 heavy (non-hydrogen) atoms. The van der Waals surface area contributed by atoms with Crippen molar-refractivity contribution in [3.8, 4) is 5.75 Å². The number of rotatable bonds is 7. The van der Waals surface area contributed by atoms with E-state index >= 15 is 0 Å². The van der Waals surface area contributed by atoms with E-state index in [2.05, 4.69) is 14.6 Å². The minimum atomic E-state index is -0.108. The third kappa shape index (κ3) is 4.92. The zero-order chi connectivity index (χ0) is 18.7. The number of halogens is 1. The summed E-state index contributed by atoms with van der Waals surface area (Å²) in [6.07, 6.45) is 0. The predicted molar refractivity (Wildman–Crippen MR) is 113 cm³/mol. The van der Waals surface area contributed by atoms with Crippen molar-refractivity contribution in [2.45, 2.75) is 13.8 Å². The van der Waals surface area contributed by atoms with Gasteiger partial charge in [-0.25, -0.2) is 4.98 Å². The Balaban J connectivity index is 0.00000261. The molecule has 2 heterocycles. The Morgan fingerprint density at radius 3 is 2.67 bits per heavy atom. The number of nitrogens with zero attached hydrogens (tertiary/aromatic N) is 5. The molecule has 146 valence electrons. The number of carbonyl (C=O) groups is 1. The van der Waals surface area contributed by atoms with E-state index in [0.717, 1.165) is 34.0 Å². The quantitative estimate of drug-likeness (QED) is 0.574. The second kappa shape index (κ2) is 9.41. The summed E-state index contributed by atoms with van der Waals surface area (Å²) >= 11 is 2.61. The lowest BCUT2D eigenvalue weighted by Crippen LogP contribution is -2.36. The van der Waals surface area contributed by atoms with Gasteiger partial charge in [0.05, 0.1) is 22.5 Å². The Morgan fingerprint density at radius 1 is 1.26 bits per heavy atom. The summed E-state index contributed by atoms with van der Waals surface area (Å²) in [5, 5.41) is 4.64. The summed E-state index contributed by atoms with van der Waals surface area (Å²) in [7, 11) is 3.96. The molecule has 0 atom stereocenters. The van der Waals surface area contributed by atoms with Gasteiger partial charge in [-0.05, 0) is 57.7 Å². The van der Waals surface area contributed by atoms with Gasteiger partial charge in [0.1, 0.15) is 10.6 Å². The largest absolute Gasteiger partial charge is 0.494 e. The molecular weight excluding hydrogens is 406 g/mol. The maximum absolute atomic E-state index is 13.1. The molecule has 0 saturated carbocycles. The summed E-state index contributed by atoms with van der Waals surface area (Å²) in [6.45, 7) is 5.64. The summed E-state index contributed by atoms with van der Waals surface area (Å²) in [4.78, 5) is 22.0. The van der Waals surface area contributed by atoms with E-state index in [4.69, 9.17) is 4.74 Å². The van der Waals surface area contributed by atoms with Gasteiger partial charge in [-0.1, -0.05) is 15.8 Å². The van der Waals surface area contributed by atoms with Crippen LogP contribution in [0.25, 0.3) is 10.2 Å². The van der Waals surface area contributed by atoms with Crippen LogP contribution in [0.1, 0.15) is 22.3 Å². The third-order valence-corrected chi connectivity index (χ3v) is 5.61. The van der Waals surface area contributed by atoms with Crippen molar-refractivity contribution in [2.24, 2.45) is 0 Å². The molecule has 0 N–H and O–H groups in total. The van der Waals surface area contributed by atoms with Gasteiger partial charge < -0.3 is 9.64 Å². The highest BCUT2D eigenvalue weighted by Crippen LogP contribution is 2.32. The maximum Gasteiger partial charge on any atom is 0.273 e. The average Bonchev–Trinajstić information content (AvgIpc) is 3.20. The second-order valence-electron chi connectivity index (χ2n) is 6.01. The van der Waals surface area contributed by atoms with Crippen LogP contribution >= 0.6 is 35.3 Å². The smallest absolute Gasteiger partial charge is 0.273 e. The average molecular weight is 428 g/mol. The number of ether oxygens (including phenoxy) is 1. The number of carbonyl (C=O) groups excluding carboxylic acids is 1. The molecule has 1 aromatic carbocycles. The Morgan fingerprint density at radius 2 is 2.04 bits per heavy atom. The SMILES string of the molecule is CCOc1ccc2nc(N(CCN(C)C)C(=O)c3snnc3C)sc2c1.Cl. The molecule has 0 unspecified atom stereocenters. The van der Waals surface area contributed by atoms with Crippen LogP contribution in [0.4, 0.5) is 5.13 Å². The molecule has 0 fully saturated rings. The monoisotopic (exact) mass is 427 g/mol. The number of fused-ring (bicyclic) bond motifs is 1. The Hall–Kier alpha value is -1.81. The highest BCUT2D eigenvalue weighted by Gasteiger charge is 2.25. The van der Waals surface area contributed by atoms with Gasteiger partial charge >= 0.3 is 0 Å². The van der Waals surface area contributed by atoms with E-state index in [0.29, 0.717) is 28.9 Å². The molecule has 3 aromatic rings. The van der Waals surface area contributed by atoms with Gasteiger partial charge in [0.2, 0.25) is 0 Å². The highest BCUT2D eigenvalue weighted by atomic mass is 35.5. The number of aromatic nitrogens is 3. The van der Waals surface area contributed by atoms with E-state index in [9.17, 15) is 4.79 Å². The van der Waals surface area contributed by atoms with Gasteiger partial charge in [-0.3, -0.25) is 9.69 Å². The molecular formula is C17H22ClN5O2S2. The number of benzene rings is 1. The molecule has 7 nitrogen and oxygen atoms in total. The first-order valence-corrected chi connectivity index (χ1v) is 9.87. The van der Waals surface area contributed by atoms with E-state index in [-0.39, 0.29) is 18.3 Å². The number of hydrogen-bond donors (Lipinski definition) is 0. The lowest BCUT2D eigenvalue weighted by atomic mass is 10.3. The number of aryl methyl sites for hydroxylation is 1. The Bertz CT molecular complexity index is 912. The van der Waals surface area contributed by atoms with Crippen LogP contribution in [-0.4, -0.2) is 59.2 Å². The number of likely N-dealkylation sites (N-methyl/N-ethyl adjacent to an activating group) is 1. The summed E-state index contributed by atoms with van der Waals surface area (Å²) in [6, 6.07) is 5.79. The normalized spacial score (nSPS) is 10.9. The van der Waals surface area contributed by atoms with E-state index < -0.39 is 0 Å². The van der Waals surface area contributed by atoms with Gasteiger partial charge in [0.15, 0.2) is 5.13 Å². The summed E-state index contributed by atoms with van der Waals surface area (Å²) < 4.78 is 10.4. The van der Waals surface area contributed by atoms with Crippen molar-refractivity contribution in [2.75, 3.05) is 38.7 Å². The fourth-order valence-electron chi connectivity index (χ4n) is 2.40. The van der Waals surface area contributed by atoms with Crippen LogP contribution in [-0.2, 0) is 0 Å². The molecule has 0 bridgehead atoms. The summed E-state index contributed by atoms with van der Waals surface area (Å²) in [5.41, 5.74) is 1.50. The number of amides is 1. The predicted octanol–water partition coefficient (Wildman–Crippen LogP) is 3.49. The topological polar surface area (TPSA) is 71.5 Å². The number of hydrogen-bond acceptors (Lipinski definition) is 8. The van der Waals surface area contributed by atoms with E-state index in [1.807, 2.05) is 44.1 Å². The van der Waals surface area contributed by atoms with Crippen molar-refractivity contribution in [1.29, 1.82) is 0 Å². The van der Waals surface area contributed by atoms with E-state index in [1.165, 1.54) is 11.3 Å². The van der Waals surface area contributed by atoms with E-state index in [1.54, 1.807) is 11.8 Å². The van der Waals surface area contributed by atoms with Crippen LogP contribution in [0.5, 0.6) is 5.75 Å². The second-order valence-corrected chi connectivity index (χ2v) is 7.77. The van der Waals surface area contributed by atoms with Crippen molar-refractivity contribution >= 4 is 56.5 Å². The zero-order valence-corrected chi connectivity index (χ0v) is 18.1. The lowest BCUT2D eigenvalue weighted by Gasteiger charge is -2.21. The fourth-order valence-corrected chi connectivity index (χ4v) is 4.02. The standard InChI is InChI=1S/C17H21N5O2S2.ClH/c1-5-24-12-6-7-13-14(10-12)25-17(18-13)22(9-8-21(3)4)16(23)15-11(2)19-20-26-15;/h6-7,10H,5,8-9H2,1-4H3;1H. The molecule has 1 amide bonds. The third-order valence-electron chi connectivity index (χ3n) is 3.75. The van der Waals surface area contributed by atoms with Gasteiger partial charge in [0.25, 0.3) is 5.91 Å². The molecule has 0 radical (unpaired) electrons. The van der Waals surface area contributed by atoms with Gasteiger partial charge in [-0.2, -0.15) is 0 Å². The molecule has 3 rings (SSSR count). The highest BCUT2D eigenvalue weighted by molar-refractivity contribution is 7.22. The number of anilines is 1.